The van der Waals surface area contributed by atoms with Crippen molar-refractivity contribution in [3.05, 3.63) is 0 Å². The first-order valence-corrected chi connectivity index (χ1v) is 5.73. The summed E-state index contributed by atoms with van der Waals surface area (Å²) in [5.74, 6) is 1.86. The molecule has 1 radical (unpaired) electrons. The Hall–Kier alpha value is 0.689. The fourth-order valence-electron chi connectivity index (χ4n) is 0.377. The molecule has 0 aromatic carbocycles. The summed E-state index contributed by atoms with van der Waals surface area (Å²) >= 11 is 5.50. The number of nitrogens with zero attached hydrogens (tertiary/aromatic N) is 1. The van der Waals surface area contributed by atoms with Crippen molar-refractivity contribution in [1.82, 2.24) is 3.71 Å². The molecule has 0 N–H and O–H groups in total. The molecule has 0 spiro atoms. The van der Waals surface area contributed by atoms with Crippen LogP contribution in [-0.4, -0.2) is 36.0 Å². The summed E-state index contributed by atoms with van der Waals surface area (Å²) < 4.78 is 1.67. The van der Waals surface area contributed by atoms with Crippen LogP contribution in [0.4, 0.5) is 4.79 Å². The second-order valence-electron chi connectivity index (χ2n) is 1.36. The Balaban J connectivity index is 3.61. The van der Waals surface area contributed by atoms with Crippen molar-refractivity contribution in [2.45, 2.75) is 13.8 Å². The molecule has 0 aliphatic rings. The van der Waals surface area contributed by atoms with E-state index in [0.29, 0.717) is 0 Å². The number of carbonyl (C=O) groups excluding carboxylic acids is 1. The number of hydrogen-bond donors (Lipinski definition) is 0. The zero-order chi connectivity index (χ0) is 7.98. The molecule has 0 rings (SSSR count). The minimum absolute atomic E-state index is 0.00120. The van der Waals surface area contributed by atoms with E-state index in [1.165, 1.54) is 23.9 Å². The van der Waals surface area contributed by atoms with E-state index in [1.807, 2.05) is 13.8 Å². The third kappa shape index (κ3) is 4.50. The van der Waals surface area contributed by atoms with E-state index < -0.39 is 0 Å². The fraction of sp³-hybridized carbons (Fsp3) is 0.800. The second kappa shape index (κ2) is 6.40. The van der Waals surface area contributed by atoms with Crippen LogP contribution in [0.15, 0.2) is 0 Å². The van der Waals surface area contributed by atoms with E-state index in [0.717, 1.165) is 11.5 Å². The molecule has 0 aromatic heterocycles. The number of rotatable bonds is 4. The molecule has 0 saturated carbocycles. The molecule has 10 heavy (non-hydrogen) atoms. The van der Waals surface area contributed by atoms with Gasteiger partial charge in [0.1, 0.15) is 0 Å². The van der Waals surface area contributed by atoms with Gasteiger partial charge in [-0.1, -0.05) is 0 Å². The Bertz CT molecular complexity index is 106. The Labute approximate surface area is 78.6 Å². The number of amides is 1. The van der Waals surface area contributed by atoms with E-state index in [-0.39, 0.29) is 4.81 Å². The summed E-state index contributed by atoms with van der Waals surface area (Å²) in [6, 6.07) is 0. The van der Waals surface area contributed by atoms with Gasteiger partial charge in [-0.25, -0.2) is 0 Å². The van der Waals surface area contributed by atoms with Gasteiger partial charge < -0.3 is 0 Å². The summed E-state index contributed by atoms with van der Waals surface area (Å²) in [6.07, 6.45) is 0. The van der Waals surface area contributed by atoms with Gasteiger partial charge in [0.2, 0.25) is 0 Å². The standard InChI is InChI=1S/C5H10NOS2Se/c1-3-8-6(5(7)10)9-4-2/h3-4H2,1-2H3. The number of carbonyl (C=O) groups is 1. The van der Waals surface area contributed by atoms with E-state index in [2.05, 4.69) is 16.0 Å². The molecular formula is C5H10NOS2Se. The Kier molecular flexibility index (Phi) is 6.84. The molecule has 0 saturated heterocycles. The van der Waals surface area contributed by atoms with Gasteiger partial charge in [0.05, 0.1) is 0 Å². The van der Waals surface area contributed by atoms with Crippen LogP contribution in [0.5, 0.6) is 0 Å². The van der Waals surface area contributed by atoms with Crippen molar-refractivity contribution in [3.8, 4) is 0 Å². The van der Waals surface area contributed by atoms with Crippen molar-refractivity contribution in [2.24, 2.45) is 0 Å². The van der Waals surface area contributed by atoms with Gasteiger partial charge in [-0.05, 0) is 0 Å². The van der Waals surface area contributed by atoms with Gasteiger partial charge in [-0.2, -0.15) is 0 Å². The predicted octanol–water partition coefficient (Wildman–Crippen LogP) is 1.91. The maximum absolute atomic E-state index is 10.8. The van der Waals surface area contributed by atoms with Crippen LogP contribution in [0.1, 0.15) is 13.8 Å². The first kappa shape index (κ1) is 10.7. The van der Waals surface area contributed by atoms with Crippen LogP contribution in [0.2, 0.25) is 0 Å². The second-order valence-corrected chi connectivity index (χ2v) is 4.72. The van der Waals surface area contributed by atoms with E-state index in [9.17, 15) is 4.79 Å². The summed E-state index contributed by atoms with van der Waals surface area (Å²) in [5.41, 5.74) is 0. The average Bonchev–Trinajstić information content (AvgIpc) is 1.87. The van der Waals surface area contributed by atoms with Crippen molar-refractivity contribution in [3.63, 3.8) is 0 Å². The summed E-state index contributed by atoms with van der Waals surface area (Å²) in [6.45, 7) is 4.05. The van der Waals surface area contributed by atoms with Crippen LogP contribution >= 0.6 is 23.9 Å². The zero-order valence-corrected chi connectivity index (χ0v) is 9.34. The molecule has 0 unspecified atom stereocenters. The molecular weight excluding hydrogens is 233 g/mol. The van der Waals surface area contributed by atoms with Gasteiger partial charge in [0, 0.05) is 0 Å². The van der Waals surface area contributed by atoms with Crippen molar-refractivity contribution >= 4 is 44.7 Å². The summed E-state index contributed by atoms with van der Waals surface area (Å²) in [7, 11) is 0. The molecule has 1 amide bonds. The van der Waals surface area contributed by atoms with Gasteiger partial charge >= 0.3 is 78.6 Å². The summed E-state index contributed by atoms with van der Waals surface area (Å²) in [4.78, 5) is 10.8. The SMILES string of the molecule is CCSN(SCC)C(=O)[Se]. The molecule has 0 atom stereocenters. The molecule has 0 aromatic rings. The third-order valence-corrected chi connectivity index (χ3v) is 3.50. The van der Waals surface area contributed by atoms with Crippen molar-refractivity contribution < 1.29 is 4.79 Å². The Morgan fingerprint density at radius 1 is 1.40 bits per heavy atom. The van der Waals surface area contributed by atoms with Gasteiger partial charge in [-0.3, -0.25) is 0 Å². The molecule has 5 heteroatoms. The quantitative estimate of drug-likeness (QED) is 0.555. The van der Waals surface area contributed by atoms with Crippen molar-refractivity contribution in [2.75, 3.05) is 11.5 Å². The van der Waals surface area contributed by atoms with Crippen LogP contribution in [0.25, 0.3) is 0 Å². The Morgan fingerprint density at radius 2 is 1.80 bits per heavy atom. The van der Waals surface area contributed by atoms with Gasteiger partial charge in [0.15, 0.2) is 0 Å². The molecule has 0 aliphatic carbocycles. The molecule has 0 fully saturated rings. The van der Waals surface area contributed by atoms with Crippen LogP contribution < -0.4 is 0 Å². The molecule has 0 aliphatic heterocycles. The van der Waals surface area contributed by atoms with Crippen LogP contribution in [0.3, 0.4) is 0 Å². The van der Waals surface area contributed by atoms with E-state index in [1.54, 1.807) is 3.71 Å². The first-order chi connectivity index (χ1) is 4.72. The monoisotopic (exact) mass is 244 g/mol. The minimum atomic E-state index is -0.00120. The Morgan fingerprint density at radius 3 is 2.00 bits per heavy atom. The average molecular weight is 243 g/mol. The molecule has 0 heterocycles. The molecule has 59 valence electrons. The van der Waals surface area contributed by atoms with E-state index in [4.69, 9.17) is 0 Å². The molecule has 0 bridgehead atoms. The zero-order valence-electron chi connectivity index (χ0n) is 5.99. The van der Waals surface area contributed by atoms with Gasteiger partial charge in [0.25, 0.3) is 0 Å². The first-order valence-electron chi connectivity index (χ1n) is 2.99. The maximum atomic E-state index is 10.8. The number of hydrogen-bond acceptors (Lipinski definition) is 3. The predicted molar refractivity (Wildman–Crippen MR) is 49.3 cm³/mol. The van der Waals surface area contributed by atoms with Crippen LogP contribution in [-0.2, 0) is 0 Å². The third-order valence-electron chi connectivity index (χ3n) is 0.642. The normalized spacial score (nSPS) is 9.40. The van der Waals surface area contributed by atoms with Crippen LogP contribution in [0, 0.1) is 0 Å². The van der Waals surface area contributed by atoms with E-state index >= 15 is 0 Å². The molecule has 2 nitrogen and oxygen atoms in total. The summed E-state index contributed by atoms with van der Waals surface area (Å²) in [5, 5.41) is 0. The van der Waals surface area contributed by atoms with Crippen molar-refractivity contribution in [1.29, 1.82) is 0 Å². The fourth-order valence-corrected chi connectivity index (χ4v) is 2.65. The topological polar surface area (TPSA) is 20.3 Å². The van der Waals surface area contributed by atoms with Gasteiger partial charge in [-0.15, -0.1) is 0 Å².